The molecular formula is C27H11Cl5F11N3O3. The zero-order valence-corrected chi connectivity index (χ0v) is 26.7. The molecule has 2 atom stereocenters. The first-order valence-electron chi connectivity index (χ1n) is 12.6. The summed E-state index contributed by atoms with van der Waals surface area (Å²) in [5, 5.41) is 4.19. The van der Waals surface area contributed by atoms with Crippen molar-refractivity contribution in [3.63, 3.8) is 0 Å². The van der Waals surface area contributed by atoms with Crippen LogP contribution in [0.5, 0.6) is 0 Å². The van der Waals surface area contributed by atoms with Gasteiger partial charge in [-0.2, -0.15) is 30.7 Å². The van der Waals surface area contributed by atoms with Crippen molar-refractivity contribution in [2.24, 2.45) is 5.92 Å². The summed E-state index contributed by atoms with van der Waals surface area (Å²) >= 11 is 30.4. The van der Waals surface area contributed by atoms with Crippen LogP contribution in [0, 0.1) is 29.2 Å². The van der Waals surface area contributed by atoms with Gasteiger partial charge in [-0.1, -0.05) is 34.8 Å². The summed E-state index contributed by atoms with van der Waals surface area (Å²) in [6.07, 6.45) is -6.93. The predicted molar refractivity (Wildman–Crippen MR) is 156 cm³/mol. The summed E-state index contributed by atoms with van der Waals surface area (Å²) in [6.45, 7) is 0. The molecule has 3 amide bonds. The van der Waals surface area contributed by atoms with Crippen LogP contribution >= 0.6 is 58.0 Å². The summed E-state index contributed by atoms with van der Waals surface area (Å²) in [5.41, 5.74) is -5.04. The van der Waals surface area contributed by atoms with Crippen LogP contribution in [0.4, 0.5) is 65.4 Å². The summed E-state index contributed by atoms with van der Waals surface area (Å²) in [5.74, 6) is -29.7. The van der Waals surface area contributed by atoms with Gasteiger partial charge in [0.1, 0.15) is 15.8 Å². The standard InChI is InChI=1S/C27H11Cl5F11N3O3/c28-10-3-7(4-11(29)17(10)30)15-16(24(15,31)32)22(48)44-8-5-9(18(35)13(34)6-8)21(47)46-20-12(33)1-2-14(19(20)36)45-23(49)25(37,38)26(39,40)27(41,42)43/h1-6,15-16H,(H,44,48)(H,45,49)(H,46,47)/t15-,16?/m0/s1. The van der Waals surface area contributed by atoms with E-state index in [1.54, 1.807) is 0 Å². The normalized spacial score (nSPS) is 17.4. The van der Waals surface area contributed by atoms with Crippen LogP contribution in [0.15, 0.2) is 36.4 Å². The van der Waals surface area contributed by atoms with Crippen molar-refractivity contribution in [1.82, 2.24) is 0 Å². The van der Waals surface area contributed by atoms with Gasteiger partial charge in [0, 0.05) is 17.7 Å². The SMILES string of the molecule is O=C(Nc1c(F)ccc(NC(=O)C(F)(F)C(F)(F)C(F)(F)F)c1F)c1cc(NC(=O)C2[C@H](c3cc(Cl)c(Cl)c(Cl)c3)C2(Cl)Cl)cc(F)c1F. The molecule has 0 radical (unpaired) electrons. The van der Waals surface area contributed by atoms with Crippen molar-refractivity contribution in [2.75, 3.05) is 16.0 Å². The molecule has 3 N–H and O–H groups in total. The van der Waals surface area contributed by atoms with Gasteiger partial charge in [-0.3, -0.25) is 14.4 Å². The third kappa shape index (κ3) is 7.04. The highest BCUT2D eigenvalue weighted by atomic mass is 35.5. The van der Waals surface area contributed by atoms with Crippen molar-refractivity contribution in [3.8, 4) is 0 Å². The lowest BCUT2D eigenvalue weighted by Gasteiger charge is -2.27. The second kappa shape index (κ2) is 13.1. The molecular weight excluding hydrogens is 801 g/mol. The van der Waals surface area contributed by atoms with E-state index in [1.165, 1.54) is 17.4 Å². The van der Waals surface area contributed by atoms with E-state index in [4.69, 9.17) is 58.0 Å². The Bertz CT molecular complexity index is 1870. The van der Waals surface area contributed by atoms with Gasteiger partial charge in [0.05, 0.1) is 32.2 Å². The lowest BCUT2D eigenvalue weighted by molar-refractivity contribution is -0.343. The molecule has 1 aliphatic carbocycles. The van der Waals surface area contributed by atoms with Crippen molar-refractivity contribution in [1.29, 1.82) is 0 Å². The van der Waals surface area contributed by atoms with Crippen LogP contribution in [0.25, 0.3) is 0 Å². The fourth-order valence-electron chi connectivity index (χ4n) is 4.33. The first-order chi connectivity index (χ1) is 22.3. The maximum Gasteiger partial charge on any atom is 0.460 e. The molecule has 1 saturated carbocycles. The smallest absolute Gasteiger partial charge is 0.326 e. The number of hydrogen-bond acceptors (Lipinski definition) is 3. The minimum atomic E-state index is -6.94. The Kier molecular flexibility index (Phi) is 10.3. The molecule has 0 bridgehead atoms. The lowest BCUT2D eigenvalue weighted by Crippen LogP contribution is -2.57. The molecule has 0 saturated heterocycles. The fraction of sp³-hybridized carbons (Fsp3) is 0.222. The average Bonchev–Trinajstić information content (AvgIpc) is 3.57. The largest absolute Gasteiger partial charge is 0.460 e. The second-order valence-electron chi connectivity index (χ2n) is 10.1. The molecule has 264 valence electrons. The highest BCUT2D eigenvalue weighted by molar-refractivity contribution is 6.54. The van der Waals surface area contributed by atoms with Crippen LogP contribution in [0.3, 0.4) is 0 Å². The Hall–Kier alpha value is -3.25. The van der Waals surface area contributed by atoms with Crippen LogP contribution in [-0.4, -0.2) is 40.1 Å². The lowest BCUT2D eigenvalue weighted by atomic mass is 10.1. The summed E-state index contributed by atoms with van der Waals surface area (Å²) in [4.78, 5) is 37.4. The van der Waals surface area contributed by atoms with Gasteiger partial charge >= 0.3 is 23.9 Å². The highest BCUT2D eigenvalue weighted by Gasteiger charge is 2.76. The van der Waals surface area contributed by atoms with E-state index in [0.717, 1.165) is 5.32 Å². The molecule has 1 aliphatic rings. The van der Waals surface area contributed by atoms with Crippen molar-refractivity contribution in [2.45, 2.75) is 28.3 Å². The van der Waals surface area contributed by atoms with Crippen LogP contribution in [-0.2, 0) is 9.59 Å². The minimum absolute atomic E-state index is 0.0144. The predicted octanol–water partition coefficient (Wildman–Crippen LogP) is 9.75. The second-order valence-corrected chi connectivity index (χ2v) is 12.7. The summed E-state index contributed by atoms with van der Waals surface area (Å²) in [7, 11) is 0. The fourth-order valence-corrected chi connectivity index (χ4v) is 5.78. The Morgan fingerprint density at radius 1 is 0.735 bits per heavy atom. The van der Waals surface area contributed by atoms with Crippen molar-refractivity contribution < 1.29 is 62.7 Å². The number of nitrogens with one attached hydrogen (secondary N) is 3. The van der Waals surface area contributed by atoms with E-state index in [-0.39, 0.29) is 32.8 Å². The van der Waals surface area contributed by atoms with Gasteiger partial charge < -0.3 is 16.0 Å². The molecule has 1 unspecified atom stereocenters. The van der Waals surface area contributed by atoms with Gasteiger partial charge in [0.15, 0.2) is 17.5 Å². The van der Waals surface area contributed by atoms with E-state index in [1.807, 2.05) is 0 Å². The first kappa shape index (κ1) is 38.6. The molecule has 4 rings (SSSR count). The van der Waals surface area contributed by atoms with Crippen LogP contribution in [0.2, 0.25) is 15.1 Å². The maximum absolute atomic E-state index is 14.9. The van der Waals surface area contributed by atoms with E-state index in [9.17, 15) is 62.7 Å². The number of anilines is 3. The zero-order valence-electron chi connectivity index (χ0n) is 22.9. The molecule has 6 nitrogen and oxygen atoms in total. The Morgan fingerprint density at radius 2 is 1.31 bits per heavy atom. The molecule has 0 aromatic heterocycles. The number of benzene rings is 3. The van der Waals surface area contributed by atoms with Gasteiger partial charge in [0.2, 0.25) is 5.91 Å². The Morgan fingerprint density at radius 3 is 1.86 bits per heavy atom. The Labute approximate surface area is 290 Å². The van der Waals surface area contributed by atoms with Gasteiger partial charge in [0.25, 0.3) is 5.91 Å². The summed E-state index contributed by atoms with van der Waals surface area (Å²) in [6, 6.07) is 3.74. The third-order valence-corrected chi connectivity index (χ3v) is 8.99. The van der Waals surface area contributed by atoms with Gasteiger partial charge in [-0.25, -0.2) is 17.6 Å². The average molecular weight is 812 g/mol. The Balaban J connectivity index is 1.57. The van der Waals surface area contributed by atoms with Gasteiger partial charge in [-0.05, 0) is 35.9 Å². The molecule has 3 aromatic rings. The van der Waals surface area contributed by atoms with Crippen LogP contribution < -0.4 is 16.0 Å². The van der Waals surface area contributed by atoms with E-state index in [2.05, 4.69) is 5.32 Å². The van der Waals surface area contributed by atoms with Crippen molar-refractivity contribution in [3.05, 3.63) is 85.9 Å². The molecule has 0 aliphatic heterocycles. The molecule has 0 spiro atoms. The molecule has 49 heavy (non-hydrogen) atoms. The summed E-state index contributed by atoms with van der Waals surface area (Å²) < 4.78 is 148. The number of hydrogen-bond donors (Lipinski definition) is 3. The van der Waals surface area contributed by atoms with Crippen molar-refractivity contribution >= 4 is 92.8 Å². The first-order valence-corrected chi connectivity index (χ1v) is 14.5. The topological polar surface area (TPSA) is 87.3 Å². The molecule has 1 fully saturated rings. The van der Waals surface area contributed by atoms with E-state index in [0.29, 0.717) is 12.1 Å². The number of alkyl halides is 9. The monoisotopic (exact) mass is 809 g/mol. The van der Waals surface area contributed by atoms with E-state index < -0.39 is 97.8 Å². The zero-order chi connectivity index (χ0) is 37.2. The molecule has 0 heterocycles. The number of carbonyl (C=O) groups excluding carboxylic acids is 3. The molecule has 3 aromatic carbocycles. The molecule has 22 heteroatoms. The maximum atomic E-state index is 14.9. The number of carbonyl (C=O) groups is 3. The third-order valence-electron chi connectivity index (χ3n) is 6.86. The van der Waals surface area contributed by atoms with E-state index >= 15 is 0 Å². The van der Waals surface area contributed by atoms with Gasteiger partial charge in [-0.15, -0.1) is 23.2 Å². The number of halogens is 16. The number of amides is 3. The van der Waals surface area contributed by atoms with Crippen LogP contribution in [0.1, 0.15) is 21.8 Å². The quantitative estimate of drug-likeness (QED) is 0.120. The highest BCUT2D eigenvalue weighted by Crippen LogP contribution is 2.65. The minimum Gasteiger partial charge on any atom is -0.326 e. The number of rotatable bonds is 8.